The molecule has 0 saturated carbocycles. The standard InChI is InChI=1S/C14H18F2N2OS/c1-4-14(5-2,13(17)20)18-12(19)9-6-8(3)10(15)7-11(9)16/h6-7H,4-5H2,1-3H3,(H2,17,20)(H,18,19). The van der Waals surface area contributed by atoms with Gasteiger partial charge in [0.2, 0.25) is 0 Å². The molecule has 1 rings (SSSR count). The summed E-state index contributed by atoms with van der Waals surface area (Å²) in [4.78, 5) is 12.3. The number of carbonyl (C=O) groups is 1. The molecular weight excluding hydrogens is 282 g/mol. The fraction of sp³-hybridized carbons (Fsp3) is 0.429. The van der Waals surface area contributed by atoms with Gasteiger partial charge in [-0.25, -0.2) is 8.78 Å². The third kappa shape index (κ3) is 3.12. The lowest BCUT2D eigenvalue weighted by Gasteiger charge is -2.31. The Bertz CT molecular complexity index is 542. The average Bonchev–Trinajstić information content (AvgIpc) is 2.39. The van der Waals surface area contributed by atoms with Gasteiger partial charge in [-0.1, -0.05) is 26.1 Å². The summed E-state index contributed by atoms with van der Waals surface area (Å²) in [7, 11) is 0. The van der Waals surface area contributed by atoms with E-state index in [1.807, 2.05) is 13.8 Å². The fourth-order valence-electron chi connectivity index (χ4n) is 1.95. The summed E-state index contributed by atoms with van der Waals surface area (Å²) in [6.45, 7) is 5.12. The van der Waals surface area contributed by atoms with E-state index in [1.54, 1.807) is 0 Å². The van der Waals surface area contributed by atoms with E-state index in [1.165, 1.54) is 13.0 Å². The highest BCUT2D eigenvalue weighted by molar-refractivity contribution is 7.80. The minimum Gasteiger partial charge on any atom is -0.391 e. The van der Waals surface area contributed by atoms with Crippen LogP contribution in [0.4, 0.5) is 8.78 Å². The first-order valence-electron chi connectivity index (χ1n) is 6.35. The molecule has 0 aliphatic heterocycles. The Balaban J connectivity index is 3.13. The molecule has 0 unspecified atom stereocenters. The van der Waals surface area contributed by atoms with Gasteiger partial charge in [-0.2, -0.15) is 0 Å². The number of nitrogens with one attached hydrogen (secondary N) is 1. The first kappa shape index (κ1) is 16.5. The van der Waals surface area contributed by atoms with E-state index in [4.69, 9.17) is 18.0 Å². The number of hydrogen-bond acceptors (Lipinski definition) is 2. The van der Waals surface area contributed by atoms with Crippen LogP contribution in [0.2, 0.25) is 0 Å². The summed E-state index contributed by atoms with van der Waals surface area (Å²) in [6, 6.07) is 1.88. The lowest BCUT2D eigenvalue weighted by atomic mass is 9.92. The average molecular weight is 300 g/mol. The Labute approximate surface area is 122 Å². The van der Waals surface area contributed by atoms with Crippen molar-refractivity contribution in [2.75, 3.05) is 0 Å². The summed E-state index contributed by atoms with van der Waals surface area (Å²) in [6.07, 6.45) is 0.985. The van der Waals surface area contributed by atoms with Crippen LogP contribution in [0.15, 0.2) is 12.1 Å². The molecule has 0 radical (unpaired) electrons. The number of aryl methyl sites for hydroxylation is 1. The molecule has 1 aromatic rings. The molecule has 0 spiro atoms. The fourth-order valence-corrected chi connectivity index (χ4v) is 2.29. The van der Waals surface area contributed by atoms with Crippen LogP contribution < -0.4 is 11.1 Å². The molecule has 0 atom stereocenters. The van der Waals surface area contributed by atoms with E-state index in [0.717, 1.165) is 0 Å². The zero-order valence-corrected chi connectivity index (χ0v) is 12.5. The Kier molecular flexibility index (Phi) is 5.16. The highest BCUT2D eigenvalue weighted by Gasteiger charge is 2.32. The molecule has 0 bridgehead atoms. The molecule has 0 aromatic heterocycles. The molecular formula is C14H18F2N2OS. The minimum absolute atomic E-state index is 0.148. The second-order valence-electron chi connectivity index (χ2n) is 4.69. The quantitative estimate of drug-likeness (QED) is 0.822. The second-order valence-corrected chi connectivity index (χ2v) is 5.13. The summed E-state index contributed by atoms with van der Waals surface area (Å²) in [5, 5.41) is 2.67. The number of thiocarbonyl (C=S) groups is 1. The zero-order chi connectivity index (χ0) is 15.5. The van der Waals surface area contributed by atoms with Gasteiger partial charge in [0.25, 0.3) is 5.91 Å². The van der Waals surface area contributed by atoms with Gasteiger partial charge in [0, 0.05) is 6.07 Å². The molecule has 6 heteroatoms. The SMILES string of the molecule is CCC(CC)(NC(=O)c1cc(C)c(F)cc1F)C(N)=S. The van der Waals surface area contributed by atoms with Gasteiger partial charge in [-0.05, 0) is 31.4 Å². The molecule has 3 N–H and O–H groups in total. The first-order chi connectivity index (χ1) is 9.27. The molecule has 0 heterocycles. The maximum Gasteiger partial charge on any atom is 0.255 e. The summed E-state index contributed by atoms with van der Waals surface area (Å²) in [5.74, 6) is -2.25. The van der Waals surface area contributed by atoms with Gasteiger partial charge in [0.1, 0.15) is 11.6 Å². The van der Waals surface area contributed by atoms with Crippen LogP contribution >= 0.6 is 12.2 Å². The maximum atomic E-state index is 13.7. The number of carbonyl (C=O) groups excluding carboxylic acids is 1. The van der Waals surface area contributed by atoms with Gasteiger partial charge >= 0.3 is 0 Å². The molecule has 3 nitrogen and oxygen atoms in total. The van der Waals surface area contributed by atoms with Gasteiger partial charge in [-0.3, -0.25) is 4.79 Å². The van der Waals surface area contributed by atoms with E-state index < -0.39 is 23.1 Å². The van der Waals surface area contributed by atoms with Crippen LogP contribution in [-0.2, 0) is 0 Å². The monoisotopic (exact) mass is 300 g/mol. The van der Waals surface area contributed by atoms with E-state index in [0.29, 0.717) is 18.9 Å². The Morgan fingerprint density at radius 3 is 2.30 bits per heavy atom. The van der Waals surface area contributed by atoms with Crippen molar-refractivity contribution in [2.45, 2.75) is 39.2 Å². The lowest BCUT2D eigenvalue weighted by molar-refractivity contribution is 0.0915. The van der Waals surface area contributed by atoms with Gasteiger partial charge in [0.05, 0.1) is 16.1 Å². The second kappa shape index (κ2) is 6.26. The van der Waals surface area contributed by atoms with Gasteiger partial charge in [-0.15, -0.1) is 0 Å². The van der Waals surface area contributed by atoms with Crippen LogP contribution in [0.3, 0.4) is 0 Å². The van der Waals surface area contributed by atoms with Crippen LogP contribution in [0.25, 0.3) is 0 Å². The summed E-state index contributed by atoms with van der Waals surface area (Å²) >= 11 is 4.98. The number of benzene rings is 1. The van der Waals surface area contributed by atoms with E-state index >= 15 is 0 Å². The van der Waals surface area contributed by atoms with Crippen molar-refractivity contribution in [3.63, 3.8) is 0 Å². The Hall–Kier alpha value is -1.56. The maximum absolute atomic E-state index is 13.7. The highest BCUT2D eigenvalue weighted by Crippen LogP contribution is 2.19. The van der Waals surface area contributed by atoms with E-state index in [2.05, 4.69) is 5.32 Å². The van der Waals surface area contributed by atoms with Crippen LogP contribution in [0, 0.1) is 18.6 Å². The normalized spacial score (nSPS) is 11.2. The predicted octanol–water partition coefficient (Wildman–Crippen LogP) is 2.85. The zero-order valence-electron chi connectivity index (χ0n) is 11.7. The third-order valence-corrected chi connectivity index (χ3v) is 3.92. The molecule has 0 fully saturated rings. The molecule has 20 heavy (non-hydrogen) atoms. The Morgan fingerprint density at radius 2 is 1.85 bits per heavy atom. The van der Waals surface area contributed by atoms with Crippen molar-refractivity contribution in [1.29, 1.82) is 0 Å². The van der Waals surface area contributed by atoms with Crippen LogP contribution in [0.5, 0.6) is 0 Å². The molecule has 0 saturated heterocycles. The minimum atomic E-state index is -0.908. The summed E-state index contributed by atoms with van der Waals surface area (Å²) in [5.41, 5.74) is 4.80. The topological polar surface area (TPSA) is 55.1 Å². The summed E-state index contributed by atoms with van der Waals surface area (Å²) < 4.78 is 26.9. The number of nitrogens with two attached hydrogens (primary N) is 1. The van der Waals surface area contributed by atoms with Crippen molar-refractivity contribution in [3.8, 4) is 0 Å². The molecule has 110 valence electrons. The van der Waals surface area contributed by atoms with Crippen molar-refractivity contribution in [2.24, 2.45) is 5.73 Å². The number of hydrogen-bond donors (Lipinski definition) is 2. The molecule has 1 amide bonds. The predicted molar refractivity (Wildman–Crippen MR) is 78.7 cm³/mol. The first-order valence-corrected chi connectivity index (χ1v) is 6.76. The third-order valence-electron chi connectivity index (χ3n) is 3.52. The van der Waals surface area contributed by atoms with Crippen molar-refractivity contribution in [3.05, 3.63) is 34.9 Å². The lowest BCUT2D eigenvalue weighted by Crippen LogP contribution is -2.56. The molecule has 1 aromatic carbocycles. The number of rotatable bonds is 5. The molecule has 0 aliphatic carbocycles. The largest absolute Gasteiger partial charge is 0.391 e. The van der Waals surface area contributed by atoms with Gasteiger partial charge < -0.3 is 11.1 Å². The van der Waals surface area contributed by atoms with Crippen molar-refractivity contribution < 1.29 is 13.6 Å². The number of halogens is 2. The van der Waals surface area contributed by atoms with Crippen LogP contribution in [-0.4, -0.2) is 16.4 Å². The van der Waals surface area contributed by atoms with E-state index in [-0.39, 0.29) is 16.1 Å². The van der Waals surface area contributed by atoms with Crippen LogP contribution in [0.1, 0.15) is 42.6 Å². The molecule has 0 aliphatic rings. The highest BCUT2D eigenvalue weighted by atomic mass is 32.1. The smallest absolute Gasteiger partial charge is 0.255 e. The van der Waals surface area contributed by atoms with E-state index in [9.17, 15) is 13.6 Å². The number of amides is 1. The van der Waals surface area contributed by atoms with Gasteiger partial charge in [0.15, 0.2) is 0 Å². The Morgan fingerprint density at radius 1 is 1.30 bits per heavy atom. The van der Waals surface area contributed by atoms with Crippen molar-refractivity contribution >= 4 is 23.1 Å². The van der Waals surface area contributed by atoms with Crippen molar-refractivity contribution in [1.82, 2.24) is 5.32 Å².